The first-order valence-corrected chi connectivity index (χ1v) is 7.53. The van der Waals surface area contributed by atoms with Crippen molar-refractivity contribution in [3.63, 3.8) is 0 Å². The van der Waals surface area contributed by atoms with E-state index in [0.717, 1.165) is 6.07 Å². The predicted octanol–water partition coefficient (Wildman–Crippen LogP) is 4.75. The van der Waals surface area contributed by atoms with Gasteiger partial charge in [-0.3, -0.25) is 4.79 Å². The van der Waals surface area contributed by atoms with E-state index in [1.807, 2.05) is 13.8 Å². The summed E-state index contributed by atoms with van der Waals surface area (Å²) in [4.78, 5) is 18.8. The zero-order valence-electron chi connectivity index (χ0n) is 13.5. The maximum absolute atomic E-state index is 14.2. The summed E-state index contributed by atoms with van der Waals surface area (Å²) >= 11 is 5.89. The van der Waals surface area contributed by atoms with Gasteiger partial charge in [0.05, 0.1) is 19.4 Å². The summed E-state index contributed by atoms with van der Waals surface area (Å²) in [5, 5.41) is -0.0326. The van der Waals surface area contributed by atoms with Crippen molar-refractivity contribution in [3.05, 3.63) is 46.8 Å². The predicted molar refractivity (Wildman–Crippen MR) is 87.9 cm³/mol. The first-order chi connectivity index (χ1) is 10.7. The second-order valence-electron chi connectivity index (χ2n) is 6.00. The Labute approximate surface area is 141 Å². The number of esters is 1. The molecule has 1 aromatic rings. The molecule has 1 heterocycles. The number of carbonyl (C=O) groups is 1. The average Bonchev–Trinajstić information content (AvgIpc) is 2.49. The molecule has 1 aromatic heterocycles. The van der Waals surface area contributed by atoms with Gasteiger partial charge >= 0.3 is 5.97 Å². The molecule has 0 radical (unpaired) electrons. The number of ether oxygens (including phenoxy) is 1. The fraction of sp³-hybridized carbons (Fsp3) is 0.471. The molecular weight excluding hydrogens is 319 g/mol. The topological polar surface area (TPSA) is 43.5 Å². The highest BCUT2D eigenvalue weighted by atomic mass is 35.5. The van der Waals surface area contributed by atoms with Crippen LogP contribution in [-0.2, 0) is 16.0 Å². The van der Waals surface area contributed by atoms with Gasteiger partial charge in [0.15, 0.2) is 0 Å². The molecule has 6 heteroatoms. The molecule has 0 amide bonds. The maximum atomic E-state index is 14.2. The fourth-order valence-corrected chi connectivity index (χ4v) is 2.59. The number of methoxy groups -OCH3 is 1. The van der Waals surface area contributed by atoms with Crippen molar-refractivity contribution in [1.82, 2.24) is 4.98 Å². The van der Waals surface area contributed by atoms with E-state index in [0.29, 0.717) is 6.42 Å². The summed E-state index contributed by atoms with van der Waals surface area (Å²) in [6.07, 6.45) is 2.79. The second-order valence-corrected chi connectivity index (χ2v) is 6.36. The molecule has 1 atom stereocenters. The van der Waals surface area contributed by atoms with Crippen LogP contribution in [0.1, 0.15) is 32.4 Å². The third-order valence-electron chi connectivity index (χ3n) is 3.96. The molecule has 0 saturated heterocycles. The van der Waals surface area contributed by atoms with Crippen LogP contribution in [0, 0.1) is 23.7 Å². The largest absolute Gasteiger partial charge is 0.469 e. The molecule has 0 N–H and O–H groups in total. The molecule has 0 spiro atoms. The Hall–Kier alpha value is -1.93. The molecule has 0 aliphatic carbocycles. The van der Waals surface area contributed by atoms with Gasteiger partial charge in [-0.05, 0) is 30.2 Å². The first-order valence-electron chi connectivity index (χ1n) is 7.15. The number of allylic oxidation sites excluding steroid dienone is 1. The molecule has 0 saturated carbocycles. The lowest BCUT2D eigenvalue weighted by atomic mass is 9.72. The Kier molecular flexibility index (Phi) is 6.71. The standard InChI is InChI=1S/C17H20ClFN2O2/c1-6-7-17(2,3)11(9-15(22)23-5)8-13-12(19)10-14(20-4)16(18)21-13/h6,10-11H,1,7-9H2,2-3,5H3. The van der Waals surface area contributed by atoms with E-state index in [2.05, 4.69) is 16.4 Å². The van der Waals surface area contributed by atoms with Crippen LogP contribution in [0.15, 0.2) is 18.7 Å². The molecular formula is C17H20ClFN2O2. The smallest absolute Gasteiger partial charge is 0.305 e. The van der Waals surface area contributed by atoms with Gasteiger partial charge in [0.1, 0.15) is 11.0 Å². The number of aromatic nitrogens is 1. The molecule has 0 aliphatic rings. The first kappa shape index (κ1) is 19.1. The fourth-order valence-electron chi connectivity index (χ4n) is 2.39. The Bertz CT molecular complexity index is 638. The Balaban J connectivity index is 3.15. The van der Waals surface area contributed by atoms with Crippen molar-refractivity contribution < 1.29 is 13.9 Å². The van der Waals surface area contributed by atoms with Gasteiger partial charge in [-0.2, -0.15) is 0 Å². The lowest BCUT2D eigenvalue weighted by Crippen LogP contribution is -2.29. The van der Waals surface area contributed by atoms with Crippen molar-refractivity contribution >= 4 is 23.3 Å². The van der Waals surface area contributed by atoms with Crippen molar-refractivity contribution in [2.75, 3.05) is 7.11 Å². The summed E-state index contributed by atoms with van der Waals surface area (Å²) in [5.74, 6) is -1.16. The van der Waals surface area contributed by atoms with Crippen LogP contribution in [0.3, 0.4) is 0 Å². The van der Waals surface area contributed by atoms with Gasteiger partial charge in [-0.1, -0.05) is 31.5 Å². The maximum Gasteiger partial charge on any atom is 0.305 e. The minimum absolute atomic E-state index is 0.0252. The van der Waals surface area contributed by atoms with Gasteiger partial charge < -0.3 is 4.74 Å². The van der Waals surface area contributed by atoms with Crippen LogP contribution < -0.4 is 0 Å². The van der Waals surface area contributed by atoms with Crippen LogP contribution in [0.5, 0.6) is 0 Å². The van der Waals surface area contributed by atoms with Gasteiger partial charge in [-0.15, -0.1) is 6.58 Å². The van der Waals surface area contributed by atoms with Crippen LogP contribution in [0.4, 0.5) is 10.1 Å². The number of carbonyl (C=O) groups excluding carboxylic acids is 1. The van der Waals surface area contributed by atoms with Crippen LogP contribution in [0.2, 0.25) is 5.15 Å². The highest BCUT2D eigenvalue weighted by Gasteiger charge is 2.32. The molecule has 0 bridgehead atoms. The minimum Gasteiger partial charge on any atom is -0.469 e. The minimum atomic E-state index is -0.593. The van der Waals surface area contributed by atoms with E-state index < -0.39 is 5.82 Å². The number of halogens is 2. The lowest BCUT2D eigenvalue weighted by molar-refractivity contribution is -0.142. The van der Waals surface area contributed by atoms with Crippen LogP contribution in [0.25, 0.3) is 4.85 Å². The third kappa shape index (κ3) is 5.04. The number of hydrogen-bond donors (Lipinski definition) is 0. The van der Waals surface area contributed by atoms with Crippen molar-refractivity contribution in [3.8, 4) is 0 Å². The molecule has 1 rings (SSSR count). The number of pyridine rings is 1. The molecule has 23 heavy (non-hydrogen) atoms. The van der Waals surface area contributed by atoms with Crippen molar-refractivity contribution in [1.29, 1.82) is 0 Å². The summed E-state index contributed by atoms with van der Waals surface area (Å²) in [7, 11) is 1.32. The number of nitrogens with zero attached hydrogens (tertiary/aromatic N) is 2. The molecule has 0 aliphatic heterocycles. The average molecular weight is 339 g/mol. The summed E-state index contributed by atoms with van der Waals surface area (Å²) in [5.41, 5.74) is -0.175. The zero-order valence-corrected chi connectivity index (χ0v) is 14.3. The highest BCUT2D eigenvalue weighted by Crippen LogP contribution is 2.37. The highest BCUT2D eigenvalue weighted by molar-refractivity contribution is 6.32. The Morgan fingerprint density at radius 2 is 2.30 bits per heavy atom. The van der Waals surface area contributed by atoms with E-state index >= 15 is 0 Å². The van der Waals surface area contributed by atoms with Crippen LogP contribution >= 0.6 is 11.6 Å². The SMILES string of the molecule is [C-]#[N+]c1cc(F)c(CC(CC(=O)OC)C(C)(C)CC=C)nc1Cl. The summed E-state index contributed by atoms with van der Waals surface area (Å²) in [6.45, 7) is 14.6. The molecule has 4 nitrogen and oxygen atoms in total. The van der Waals surface area contributed by atoms with Crippen LogP contribution in [-0.4, -0.2) is 18.1 Å². The third-order valence-corrected chi connectivity index (χ3v) is 4.24. The van der Waals surface area contributed by atoms with E-state index in [-0.39, 0.29) is 46.7 Å². The van der Waals surface area contributed by atoms with E-state index in [4.69, 9.17) is 22.9 Å². The Morgan fingerprint density at radius 1 is 1.65 bits per heavy atom. The van der Waals surface area contributed by atoms with Gasteiger partial charge in [0.25, 0.3) is 0 Å². The zero-order chi connectivity index (χ0) is 17.6. The van der Waals surface area contributed by atoms with Crippen molar-refractivity contribution in [2.24, 2.45) is 11.3 Å². The monoisotopic (exact) mass is 338 g/mol. The van der Waals surface area contributed by atoms with E-state index in [9.17, 15) is 9.18 Å². The molecule has 0 aromatic carbocycles. The second kappa shape index (κ2) is 8.07. The Morgan fingerprint density at radius 3 is 2.83 bits per heavy atom. The molecule has 0 fully saturated rings. The summed E-state index contributed by atoms with van der Waals surface area (Å²) < 4.78 is 18.9. The van der Waals surface area contributed by atoms with E-state index in [1.165, 1.54) is 7.11 Å². The number of rotatable bonds is 7. The molecule has 1 unspecified atom stereocenters. The summed E-state index contributed by atoms with van der Waals surface area (Å²) in [6, 6.07) is 1.08. The number of hydrogen-bond acceptors (Lipinski definition) is 3. The normalized spacial score (nSPS) is 12.3. The van der Waals surface area contributed by atoms with E-state index in [1.54, 1.807) is 6.08 Å². The lowest BCUT2D eigenvalue weighted by Gasteiger charge is -2.33. The quantitative estimate of drug-likeness (QED) is 0.312. The van der Waals surface area contributed by atoms with Crippen molar-refractivity contribution in [2.45, 2.75) is 33.1 Å². The van der Waals surface area contributed by atoms with Gasteiger partial charge in [-0.25, -0.2) is 14.2 Å². The molecule has 124 valence electrons. The van der Waals surface area contributed by atoms with Gasteiger partial charge in [0, 0.05) is 6.42 Å². The van der Waals surface area contributed by atoms with Gasteiger partial charge in [0.2, 0.25) is 5.69 Å².